The minimum absolute atomic E-state index is 0. The first-order chi connectivity index (χ1) is 22.3. The van der Waals surface area contributed by atoms with Crippen LogP contribution in [0.3, 0.4) is 0 Å². The third kappa shape index (κ3) is 4.61. The molecule has 2 radical (unpaired) electrons. The molecule has 46 heavy (non-hydrogen) atoms. The van der Waals surface area contributed by atoms with Crippen LogP contribution in [0.25, 0.3) is 56.0 Å². The molecule has 9 rings (SSSR count). The van der Waals surface area contributed by atoms with Gasteiger partial charge in [-0.2, -0.15) is 0 Å². The van der Waals surface area contributed by atoms with Crippen molar-refractivity contribution in [3.05, 3.63) is 163 Å². The topological polar surface area (TPSA) is 51.8 Å². The van der Waals surface area contributed by atoms with E-state index in [0.29, 0.717) is 5.89 Å². The SMILES string of the molecule is [Co].c1ccc([Si](c2ccccc2)C2c3ccccc3-c3ccc4oc(-c5cccc6ccc(-c7ccccn7)nc56)nc4c32)cc1. The second kappa shape index (κ2) is 11.7. The Bertz CT molecular complexity index is 2300. The Morgan fingerprint density at radius 2 is 1.24 bits per heavy atom. The molecule has 1 atom stereocenters. The van der Waals surface area contributed by atoms with Gasteiger partial charge in [-0.15, -0.1) is 0 Å². The zero-order valence-electron chi connectivity index (χ0n) is 24.6. The van der Waals surface area contributed by atoms with Gasteiger partial charge in [0, 0.05) is 33.9 Å². The first-order valence-corrected chi connectivity index (χ1v) is 16.7. The Balaban J connectivity index is 0.00000312. The standard InChI is InChI=1S/C40H26N3OSi.Co/c1-3-13-27(14-4-1)45(28-15-5-2-6-16-28)39-31-18-8-7-17-29(31)30-22-24-35-38(36(30)39)43-40(44-35)32-19-11-12-26-21-23-34(42-37(26)32)33-20-9-10-25-41-33;/h1-25,39H;. The van der Waals surface area contributed by atoms with Crippen LogP contribution in [0.15, 0.2) is 156 Å². The fourth-order valence-corrected chi connectivity index (χ4v) is 10.1. The number of pyridine rings is 2. The van der Waals surface area contributed by atoms with Crippen LogP contribution in [0, 0.1) is 0 Å². The Labute approximate surface area is 278 Å². The maximum Gasteiger partial charge on any atom is 0.229 e. The predicted octanol–water partition coefficient (Wildman–Crippen LogP) is 8.06. The summed E-state index contributed by atoms with van der Waals surface area (Å²) >= 11 is 0. The normalized spacial score (nSPS) is 13.5. The minimum atomic E-state index is -1.32. The first kappa shape index (κ1) is 28.3. The van der Waals surface area contributed by atoms with Crippen molar-refractivity contribution in [1.82, 2.24) is 15.0 Å². The van der Waals surface area contributed by atoms with Gasteiger partial charge in [0.25, 0.3) is 0 Å². The molecule has 1 aliphatic carbocycles. The van der Waals surface area contributed by atoms with Crippen LogP contribution < -0.4 is 10.4 Å². The zero-order chi connectivity index (χ0) is 29.7. The molecule has 0 fully saturated rings. The molecule has 1 aliphatic rings. The number of oxazole rings is 1. The Morgan fingerprint density at radius 3 is 2.00 bits per heavy atom. The summed E-state index contributed by atoms with van der Waals surface area (Å²) in [5.74, 6) is 0.581. The van der Waals surface area contributed by atoms with Crippen molar-refractivity contribution in [2.75, 3.05) is 0 Å². The molecule has 4 nitrogen and oxygen atoms in total. The summed E-state index contributed by atoms with van der Waals surface area (Å²) in [4.78, 5) is 14.9. The summed E-state index contributed by atoms with van der Waals surface area (Å²) in [6.45, 7) is 0. The van der Waals surface area contributed by atoms with Crippen LogP contribution >= 0.6 is 0 Å². The molecule has 3 aromatic heterocycles. The minimum Gasteiger partial charge on any atom is -0.436 e. The van der Waals surface area contributed by atoms with Gasteiger partial charge < -0.3 is 4.42 Å². The van der Waals surface area contributed by atoms with Crippen molar-refractivity contribution in [3.8, 4) is 34.0 Å². The van der Waals surface area contributed by atoms with Gasteiger partial charge in [0.05, 0.1) is 22.5 Å². The molecule has 220 valence electrons. The summed E-state index contributed by atoms with van der Waals surface area (Å²) in [7, 11) is -1.32. The Morgan fingerprint density at radius 1 is 0.522 bits per heavy atom. The number of aromatic nitrogens is 3. The van der Waals surface area contributed by atoms with E-state index in [0.717, 1.165) is 39.0 Å². The van der Waals surface area contributed by atoms with Crippen molar-refractivity contribution in [1.29, 1.82) is 0 Å². The van der Waals surface area contributed by atoms with E-state index in [1.54, 1.807) is 6.20 Å². The monoisotopic (exact) mass is 651 g/mol. The van der Waals surface area contributed by atoms with Gasteiger partial charge in [0.1, 0.15) is 14.3 Å². The molecule has 0 saturated heterocycles. The molecule has 0 bridgehead atoms. The first-order valence-electron chi connectivity index (χ1n) is 15.2. The van der Waals surface area contributed by atoms with Crippen molar-refractivity contribution < 1.29 is 21.2 Å². The van der Waals surface area contributed by atoms with Crippen molar-refractivity contribution in [3.63, 3.8) is 0 Å². The van der Waals surface area contributed by atoms with E-state index in [1.165, 1.54) is 32.6 Å². The fraction of sp³-hybridized carbons (Fsp3) is 0.0250. The third-order valence-electron chi connectivity index (χ3n) is 8.79. The van der Waals surface area contributed by atoms with Gasteiger partial charge in [-0.25, -0.2) is 9.97 Å². The van der Waals surface area contributed by atoms with Gasteiger partial charge >= 0.3 is 0 Å². The van der Waals surface area contributed by atoms with Crippen molar-refractivity contribution >= 4 is 41.2 Å². The van der Waals surface area contributed by atoms with E-state index in [1.807, 2.05) is 30.3 Å². The quantitative estimate of drug-likeness (QED) is 0.177. The van der Waals surface area contributed by atoms with Gasteiger partial charge in [0.15, 0.2) is 5.58 Å². The molecule has 3 heterocycles. The van der Waals surface area contributed by atoms with Gasteiger partial charge in [-0.1, -0.05) is 126 Å². The van der Waals surface area contributed by atoms with E-state index < -0.39 is 8.80 Å². The summed E-state index contributed by atoms with van der Waals surface area (Å²) in [5.41, 5.74) is 10.4. The van der Waals surface area contributed by atoms with Crippen LogP contribution in [0.4, 0.5) is 0 Å². The number of para-hydroxylation sites is 1. The predicted molar refractivity (Wildman–Crippen MR) is 183 cm³/mol. The Kier molecular flexibility index (Phi) is 7.18. The maximum atomic E-state index is 6.62. The molecular formula is C40H26CoN3OSi. The molecule has 6 heteroatoms. The summed E-state index contributed by atoms with van der Waals surface area (Å²) < 4.78 is 6.62. The van der Waals surface area contributed by atoms with Crippen LogP contribution in [0.5, 0.6) is 0 Å². The molecule has 8 aromatic rings. The number of hydrogen-bond acceptors (Lipinski definition) is 4. The summed E-state index contributed by atoms with van der Waals surface area (Å²) in [6.07, 6.45) is 1.80. The molecule has 0 amide bonds. The number of fused-ring (bicyclic) bond motifs is 6. The van der Waals surface area contributed by atoms with Gasteiger partial charge in [-0.05, 0) is 52.6 Å². The van der Waals surface area contributed by atoms with Gasteiger partial charge in [0.2, 0.25) is 5.89 Å². The molecular weight excluding hydrogens is 625 g/mol. The average molecular weight is 652 g/mol. The van der Waals surface area contributed by atoms with E-state index >= 15 is 0 Å². The zero-order valence-corrected chi connectivity index (χ0v) is 26.6. The number of rotatable bonds is 5. The average Bonchev–Trinajstić information content (AvgIpc) is 3.69. The summed E-state index contributed by atoms with van der Waals surface area (Å²) in [6, 6.07) is 51.3. The number of benzene rings is 5. The largest absolute Gasteiger partial charge is 0.436 e. The molecule has 0 spiro atoms. The molecule has 0 saturated carbocycles. The van der Waals surface area contributed by atoms with Crippen LogP contribution in [0.1, 0.15) is 16.7 Å². The van der Waals surface area contributed by atoms with Crippen molar-refractivity contribution in [2.24, 2.45) is 0 Å². The van der Waals surface area contributed by atoms with Crippen LogP contribution in [-0.2, 0) is 16.8 Å². The maximum absolute atomic E-state index is 6.62. The molecule has 5 aromatic carbocycles. The molecule has 0 N–H and O–H groups in total. The van der Waals surface area contributed by atoms with Crippen LogP contribution in [-0.4, -0.2) is 23.7 Å². The van der Waals surface area contributed by atoms with E-state index in [4.69, 9.17) is 14.4 Å². The second-order valence-electron chi connectivity index (χ2n) is 11.3. The molecule has 0 aliphatic heterocycles. The summed E-state index contributed by atoms with van der Waals surface area (Å²) in [5, 5.41) is 3.79. The van der Waals surface area contributed by atoms with E-state index in [2.05, 4.69) is 120 Å². The number of nitrogens with zero attached hydrogens (tertiary/aromatic N) is 3. The fourth-order valence-electron chi connectivity index (χ4n) is 6.82. The van der Waals surface area contributed by atoms with E-state index in [9.17, 15) is 0 Å². The smallest absolute Gasteiger partial charge is 0.229 e. The molecule has 1 unspecified atom stereocenters. The third-order valence-corrected chi connectivity index (χ3v) is 11.9. The van der Waals surface area contributed by atoms with Gasteiger partial charge in [-0.3, -0.25) is 4.98 Å². The van der Waals surface area contributed by atoms with Crippen LogP contribution in [0.2, 0.25) is 0 Å². The Hall–Kier alpha value is -5.15. The van der Waals surface area contributed by atoms with Crippen molar-refractivity contribution in [2.45, 2.75) is 5.54 Å². The number of hydrogen-bond donors (Lipinski definition) is 0. The second-order valence-corrected chi connectivity index (χ2v) is 13.9. The van der Waals surface area contributed by atoms with E-state index in [-0.39, 0.29) is 22.3 Å².